The maximum atomic E-state index is 13.3. The van der Waals surface area contributed by atoms with Crippen molar-refractivity contribution in [3.63, 3.8) is 0 Å². The molecule has 0 radical (unpaired) electrons. The molecule has 0 aliphatic carbocycles. The monoisotopic (exact) mass is 978 g/mol. The molecule has 2 aliphatic heterocycles. The number of benzene rings is 2. The molecule has 0 saturated carbocycles. The number of carbonyl (C=O) groups is 5. The number of amides is 5. The van der Waals surface area contributed by atoms with Crippen LogP contribution in [0.25, 0.3) is 22.1 Å². The summed E-state index contributed by atoms with van der Waals surface area (Å²) in [5, 5.41) is 21.1. The largest absolute Gasteiger partial charge is 0.348 e. The van der Waals surface area contributed by atoms with E-state index in [-0.39, 0.29) is 88.2 Å². The molecule has 69 heavy (non-hydrogen) atoms. The summed E-state index contributed by atoms with van der Waals surface area (Å²) >= 11 is 11.8. The Morgan fingerprint density at radius 3 is 1.45 bits per heavy atom. The van der Waals surface area contributed by atoms with Crippen LogP contribution >= 0.6 is 23.2 Å². The van der Waals surface area contributed by atoms with Crippen molar-refractivity contribution in [2.24, 2.45) is 10.8 Å². The molecule has 3 N–H and O–H groups in total. The van der Waals surface area contributed by atoms with Gasteiger partial charge in [0.2, 0.25) is 17.7 Å². The van der Waals surface area contributed by atoms with Gasteiger partial charge in [0, 0.05) is 73.1 Å². The average molecular weight is 980 g/mol. The van der Waals surface area contributed by atoms with Gasteiger partial charge >= 0.3 is 0 Å². The molecular formula is C48H48Cl2N10O9. The van der Waals surface area contributed by atoms with E-state index in [1.54, 1.807) is 64.4 Å². The highest BCUT2D eigenvalue weighted by molar-refractivity contribution is 6.30. The fraction of sp³-hybridized carbons (Fsp3) is 0.312. The van der Waals surface area contributed by atoms with Crippen molar-refractivity contribution in [1.82, 2.24) is 39.5 Å². The highest BCUT2D eigenvalue weighted by Crippen LogP contribution is 2.30. The van der Waals surface area contributed by atoms with Gasteiger partial charge in [-0.05, 0) is 64.4 Å². The molecule has 2 aromatic carbocycles. The van der Waals surface area contributed by atoms with Gasteiger partial charge in [0.25, 0.3) is 28.6 Å². The van der Waals surface area contributed by atoms with E-state index in [1.807, 2.05) is 13.8 Å². The molecule has 2 aliphatic rings. The summed E-state index contributed by atoms with van der Waals surface area (Å²) in [6, 6.07) is 19.4. The van der Waals surface area contributed by atoms with Gasteiger partial charge in [0.15, 0.2) is 0 Å². The van der Waals surface area contributed by atoms with Crippen LogP contribution in [-0.2, 0) is 40.6 Å². The Kier molecular flexibility index (Phi) is 14.3. The lowest BCUT2D eigenvalue weighted by Crippen LogP contribution is -2.56. The Hall–Kier alpha value is -7.51. The van der Waals surface area contributed by atoms with Gasteiger partial charge in [0.1, 0.15) is 41.7 Å². The van der Waals surface area contributed by atoms with E-state index in [0.29, 0.717) is 47.3 Å². The van der Waals surface area contributed by atoms with E-state index in [4.69, 9.17) is 23.2 Å². The van der Waals surface area contributed by atoms with Gasteiger partial charge in [-0.25, -0.2) is 9.97 Å². The molecule has 0 bridgehead atoms. The lowest BCUT2D eigenvalue weighted by atomic mass is 9.84. The first-order valence-corrected chi connectivity index (χ1v) is 22.4. The second-order valence-electron chi connectivity index (χ2n) is 18.5. The number of anilines is 1. The molecule has 2 saturated heterocycles. The first kappa shape index (κ1) is 49.4. The van der Waals surface area contributed by atoms with E-state index in [1.165, 1.54) is 35.9 Å². The fourth-order valence-electron chi connectivity index (χ4n) is 8.07. The predicted molar refractivity (Wildman–Crippen MR) is 259 cm³/mol. The maximum Gasteiger partial charge on any atom is 0.288 e. The van der Waals surface area contributed by atoms with Crippen LogP contribution in [0.5, 0.6) is 0 Å². The van der Waals surface area contributed by atoms with Crippen molar-refractivity contribution in [1.29, 1.82) is 0 Å². The Labute approximate surface area is 404 Å². The fourth-order valence-corrected chi connectivity index (χ4v) is 8.32. The molecular weight excluding hydrogens is 931 g/mol. The third-order valence-corrected chi connectivity index (χ3v) is 11.9. The standard InChI is InChI=1S/C25H26ClN5O4.C23H22ClN5O5/c1-15(32)29-19-8-17-9-20(23(34)28-10-16-4-6-18(26)7-5-16)24(35)31(22(17)27-11-19)12-21(33)30-13-25(2,3)14-30;1-23(2)12-27(13-23)19(30)11-28-20-15(7-17(10-25-20)29(33)34)8-18(22(28)32)21(31)26-9-14-3-5-16(24)6-4-14/h4-9,11H,10,12-14H2,1-3H3,(H,28,34)(H,29,32);3-8,10H,9,11-13H2,1-2H3,(H,26,31). The van der Waals surface area contributed by atoms with Crippen molar-refractivity contribution < 1.29 is 28.9 Å². The average Bonchev–Trinajstić information content (AvgIpc) is 3.28. The lowest BCUT2D eigenvalue weighted by Gasteiger charge is -2.45. The number of halogens is 2. The van der Waals surface area contributed by atoms with Gasteiger partial charge in [-0.15, -0.1) is 0 Å². The minimum absolute atomic E-state index is 0.00491. The molecule has 19 nitrogen and oxygen atoms in total. The highest BCUT2D eigenvalue weighted by atomic mass is 35.5. The number of nitrogens with one attached hydrogen (secondary N) is 3. The zero-order chi connectivity index (χ0) is 49.9. The molecule has 6 aromatic rings. The van der Waals surface area contributed by atoms with E-state index >= 15 is 0 Å². The van der Waals surface area contributed by atoms with Crippen molar-refractivity contribution in [3.8, 4) is 0 Å². The molecule has 0 spiro atoms. The summed E-state index contributed by atoms with van der Waals surface area (Å²) in [5.74, 6) is -2.04. The Morgan fingerprint density at radius 2 is 1.06 bits per heavy atom. The number of rotatable bonds is 12. The molecule has 358 valence electrons. The number of nitro groups is 1. The molecule has 5 amide bonds. The first-order valence-electron chi connectivity index (χ1n) is 21.7. The number of aromatic nitrogens is 4. The minimum atomic E-state index is -0.699. The van der Waals surface area contributed by atoms with Crippen LogP contribution in [0, 0.1) is 20.9 Å². The van der Waals surface area contributed by atoms with E-state index < -0.39 is 27.9 Å². The SMILES string of the molecule is CC(=O)Nc1cnc2c(c1)cc(C(=O)NCc1ccc(Cl)cc1)c(=O)n2CC(=O)N1CC(C)(C)C1.CC1(C)CN(C(=O)Cn2c(=O)c(C(=O)NCc3ccc(Cl)cc3)cc3cc([N+](=O)[O-])cnc32)C1. The second kappa shape index (κ2) is 20.0. The van der Waals surface area contributed by atoms with Gasteiger partial charge in [-0.2, -0.15) is 0 Å². The summed E-state index contributed by atoms with van der Waals surface area (Å²) in [6.45, 7) is 11.6. The van der Waals surface area contributed by atoms with Gasteiger partial charge in [-0.1, -0.05) is 75.2 Å². The Bertz CT molecular complexity index is 3160. The van der Waals surface area contributed by atoms with Gasteiger partial charge in [0.05, 0.1) is 16.8 Å². The van der Waals surface area contributed by atoms with E-state index in [9.17, 15) is 43.7 Å². The minimum Gasteiger partial charge on any atom is -0.348 e. The topological polar surface area (TPSA) is 241 Å². The van der Waals surface area contributed by atoms with Crippen molar-refractivity contribution >= 4 is 86.2 Å². The highest BCUT2D eigenvalue weighted by Gasteiger charge is 2.38. The van der Waals surface area contributed by atoms with Crippen LogP contribution in [0.1, 0.15) is 66.5 Å². The van der Waals surface area contributed by atoms with Crippen LogP contribution in [0.2, 0.25) is 10.0 Å². The van der Waals surface area contributed by atoms with Crippen molar-refractivity contribution in [3.05, 3.63) is 148 Å². The van der Waals surface area contributed by atoms with Gasteiger partial charge < -0.3 is 25.8 Å². The molecule has 4 aromatic heterocycles. The number of likely N-dealkylation sites (tertiary alicyclic amines) is 2. The maximum absolute atomic E-state index is 13.3. The summed E-state index contributed by atoms with van der Waals surface area (Å²) < 4.78 is 2.32. The Balaban J connectivity index is 0.000000204. The second-order valence-corrected chi connectivity index (χ2v) is 19.4. The third-order valence-electron chi connectivity index (χ3n) is 11.4. The molecule has 21 heteroatoms. The number of pyridine rings is 4. The molecule has 0 atom stereocenters. The van der Waals surface area contributed by atoms with Crippen LogP contribution in [0.15, 0.2) is 94.8 Å². The van der Waals surface area contributed by atoms with Gasteiger partial charge in [-0.3, -0.25) is 52.8 Å². The lowest BCUT2D eigenvalue weighted by molar-refractivity contribution is -0.385. The summed E-state index contributed by atoms with van der Waals surface area (Å²) in [4.78, 5) is 112. The molecule has 0 unspecified atom stereocenters. The molecule has 8 rings (SSSR count). The third kappa shape index (κ3) is 11.8. The molecule has 6 heterocycles. The summed E-state index contributed by atoms with van der Waals surface area (Å²) in [7, 11) is 0. The van der Waals surface area contributed by atoms with Crippen LogP contribution < -0.4 is 27.1 Å². The first-order chi connectivity index (χ1) is 32.6. The van der Waals surface area contributed by atoms with Crippen molar-refractivity contribution in [2.45, 2.75) is 60.8 Å². The zero-order valence-corrected chi connectivity index (χ0v) is 39.8. The number of carbonyl (C=O) groups excluding carboxylic acids is 5. The van der Waals surface area contributed by atoms with Crippen LogP contribution in [-0.4, -0.2) is 89.5 Å². The zero-order valence-electron chi connectivity index (χ0n) is 38.3. The van der Waals surface area contributed by atoms with Crippen LogP contribution in [0.3, 0.4) is 0 Å². The smallest absolute Gasteiger partial charge is 0.288 e. The Morgan fingerprint density at radius 1 is 0.652 bits per heavy atom. The van der Waals surface area contributed by atoms with Crippen molar-refractivity contribution in [2.75, 3.05) is 31.5 Å². The number of nitrogens with zero attached hydrogens (tertiary/aromatic N) is 7. The predicted octanol–water partition coefficient (Wildman–Crippen LogP) is 5.56. The number of fused-ring (bicyclic) bond motifs is 2. The normalized spacial score (nSPS) is 14.4. The van der Waals surface area contributed by atoms with E-state index in [0.717, 1.165) is 21.9 Å². The summed E-state index contributed by atoms with van der Waals surface area (Å²) in [5.41, 5.74) is 0.438. The number of hydrogen-bond donors (Lipinski definition) is 3. The quantitative estimate of drug-likeness (QED) is 0.101. The van der Waals surface area contributed by atoms with E-state index in [2.05, 4.69) is 39.8 Å². The summed E-state index contributed by atoms with van der Waals surface area (Å²) in [6.07, 6.45) is 2.44. The number of hydrogen-bond acceptors (Lipinski definition) is 11. The van der Waals surface area contributed by atoms with Crippen LogP contribution in [0.4, 0.5) is 11.4 Å². The molecule has 2 fully saturated rings.